The van der Waals surface area contributed by atoms with Crippen molar-refractivity contribution in [3.8, 4) is 5.75 Å². The van der Waals surface area contributed by atoms with E-state index < -0.39 is 5.97 Å². The lowest BCUT2D eigenvalue weighted by Gasteiger charge is -2.09. The molecule has 0 amide bonds. The third kappa shape index (κ3) is 7.92. The molecule has 2 N–H and O–H groups in total. The van der Waals surface area contributed by atoms with Crippen molar-refractivity contribution in [2.24, 2.45) is 0 Å². The average Bonchev–Trinajstić information content (AvgIpc) is 2.71. The van der Waals surface area contributed by atoms with Gasteiger partial charge in [-0.25, -0.2) is 4.79 Å². The van der Waals surface area contributed by atoms with E-state index >= 15 is 0 Å². The molecule has 0 saturated heterocycles. The van der Waals surface area contributed by atoms with Gasteiger partial charge in [-0.3, -0.25) is 0 Å². The Kier molecular flexibility index (Phi) is 10.3. The maximum atomic E-state index is 11.3. The first kappa shape index (κ1) is 23.0. The summed E-state index contributed by atoms with van der Waals surface area (Å²) < 4.78 is 0. The lowest BCUT2D eigenvalue weighted by atomic mass is 9.97. The molecule has 0 aliphatic rings. The highest BCUT2D eigenvalue weighted by Crippen LogP contribution is 2.23. The average molecular weight is 397 g/mol. The van der Waals surface area contributed by atoms with Gasteiger partial charge in [-0.05, 0) is 61.3 Å². The lowest BCUT2D eigenvalue weighted by molar-refractivity contribution is 0.0692. The molecule has 0 aromatic heterocycles. The molecule has 2 aromatic carbocycles. The van der Waals surface area contributed by atoms with Gasteiger partial charge in [0.25, 0.3) is 0 Å². The number of aryl methyl sites for hydroxylation is 3. The summed E-state index contributed by atoms with van der Waals surface area (Å²) in [7, 11) is 0. The largest absolute Gasteiger partial charge is 0.507 e. The summed E-state index contributed by atoms with van der Waals surface area (Å²) in [6.07, 6.45) is 13.9. The third-order valence-corrected chi connectivity index (χ3v) is 5.65. The van der Waals surface area contributed by atoms with Crippen LogP contribution in [0.1, 0.15) is 91.8 Å². The predicted octanol–water partition coefficient (Wildman–Crippen LogP) is 6.95. The zero-order valence-corrected chi connectivity index (χ0v) is 17.8. The normalized spacial score (nSPS) is 10.9. The molecule has 2 aromatic rings. The van der Waals surface area contributed by atoms with Crippen LogP contribution < -0.4 is 0 Å². The number of aromatic hydroxyl groups is 1. The molecule has 0 saturated carbocycles. The second-order valence-electron chi connectivity index (χ2n) is 7.96. The van der Waals surface area contributed by atoms with Crippen LogP contribution in [-0.2, 0) is 19.3 Å². The Morgan fingerprint density at radius 1 is 0.690 bits per heavy atom. The van der Waals surface area contributed by atoms with Crippen LogP contribution in [-0.4, -0.2) is 16.2 Å². The summed E-state index contributed by atoms with van der Waals surface area (Å²) in [5, 5.41) is 19.0. The van der Waals surface area contributed by atoms with Gasteiger partial charge >= 0.3 is 5.97 Å². The minimum atomic E-state index is -1.05. The molecule has 0 unspecified atom stereocenters. The number of rotatable bonds is 14. The van der Waals surface area contributed by atoms with Gasteiger partial charge in [0.15, 0.2) is 0 Å². The topological polar surface area (TPSA) is 57.5 Å². The van der Waals surface area contributed by atoms with Gasteiger partial charge in [0.2, 0.25) is 0 Å². The van der Waals surface area contributed by atoms with Gasteiger partial charge < -0.3 is 10.2 Å². The highest BCUT2D eigenvalue weighted by molar-refractivity contribution is 5.92. The molecule has 0 aliphatic heterocycles. The summed E-state index contributed by atoms with van der Waals surface area (Å²) in [5.74, 6) is -1.18. The molecule has 3 nitrogen and oxygen atoms in total. The molecule has 3 heteroatoms. The number of carboxylic acid groups (broad SMARTS) is 1. The van der Waals surface area contributed by atoms with Crippen LogP contribution in [0.4, 0.5) is 0 Å². The Balaban J connectivity index is 1.59. The maximum Gasteiger partial charge on any atom is 0.339 e. The molecule has 2 rings (SSSR count). The number of unbranched alkanes of at least 4 members (excludes halogenated alkanes) is 7. The van der Waals surface area contributed by atoms with Crippen molar-refractivity contribution in [2.45, 2.75) is 84.0 Å². The quantitative estimate of drug-likeness (QED) is 0.340. The number of hydrogen-bond acceptors (Lipinski definition) is 2. The van der Waals surface area contributed by atoms with Crippen LogP contribution in [0, 0.1) is 0 Å². The van der Waals surface area contributed by atoms with Crippen molar-refractivity contribution in [2.75, 3.05) is 0 Å². The van der Waals surface area contributed by atoms with Crippen LogP contribution >= 0.6 is 0 Å². The summed E-state index contributed by atoms with van der Waals surface area (Å²) in [6, 6.07) is 13.9. The number of hydrogen-bond donors (Lipinski definition) is 2. The number of aromatic carboxylic acids is 1. The fourth-order valence-electron chi connectivity index (χ4n) is 3.97. The van der Waals surface area contributed by atoms with Crippen molar-refractivity contribution < 1.29 is 15.0 Å². The van der Waals surface area contributed by atoms with E-state index in [4.69, 9.17) is 0 Å². The van der Waals surface area contributed by atoms with E-state index in [2.05, 4.69) is 31.2 Å². The Morgan fingerprint density at radius 2 is 1.17 bits per heavy atom. The van der Waals surface area contributed by atoms with Gasteiger partial charge in [0.1, 0.15) is 11.3 Å². The van der Waals surface area contributed by atoms with Crippen molar-refractivity contribution in [3.63, 3.8) is 0 Å². The van der Waals surface area contributed by atoms with E-state index in [1.54, 1.807) is 6.07 Å². The van der Waals surface area contributed by atoms with Crippen molar-refractivity contribution in [3.05, 3.63) is 64.7 Å². The lowest BCUT2D eigenvalue weighted by Crippen LogP contribution is -2.03. The fraction of sp³-hybridized carbons (Fsp3) is 0.500. The molecule has 0 heterocycles. The standard InChI is InChI=1S/C26H36O3/c1-2-3-14-21-16-11-12-17-22(21)15-9-7-5-4-6-8-10-18-23-19-13-20-24(27)25(23)26(28)29/h11-13,16-17,19-20,27H,2-10,14-15,18H2,1H3,(H,28,29). The van der Waals surface area contributed by atoms with Gasteiger partial charge in [0.05, 0.1) is 0 Å². The van der Waals surface area contributed by atoms with Gasteiger partial charge in [-0.15, -0.1) is 0 Å². The molecule has 0 fully saturated rings. The van der Waals surface area contributed by atoms with Crippen LogP contribution in [0.25, 0.3) is 0 Å². The van der Waals surface area contributed by atoms with E-state index in [0.717, 1.165) is 18.4 Å². The Hall–Kier alpha value is -2.29. The molecule has 0 atom stereocenters. The van der Waals surface area contributed by atoms with Crippen molar-refractivity contribution >= 4 is 5.97 Å². The SMILES string of the molecule is CCCCc1ccccc1CCCCCCCCCc1cccc(O)c1C(=O)O. The second-order valence-corrected chi connectivity index (χ2v) is 7.96. The monoisotopic (exact) mass is 396 g/mol. The van der Waals surface area contributed by atoms with E-state index in [-0.39, 0.29) is 11.3 Å². The van der Waals surface area contributed by atoms with Gasteiger partial charge in [-0.2, -0.15) is 0 Å². The first-order valence-corrected chi connectivity index (χ1v) is 11.2. The zero-order valence-electron chi connectivity index (χ0n) is 17.8. The Bertz CT molecular complexity index is 751. The first-order valence-electron chi connectivity index (χ1n) is 11.2. The molecular weight excluding hydrogens is 360 g/mol. The van der Waals surface area contributed by atoms with Gasteiger partial charge in [-0.1, -0.05) is 81.8 Å². The molecule has 0 spiro atoms. The van der Waals surface area contributed by atoms with Crippen molar-refractivity contribution in [1.82, 2.24) is 0 Å². The number of phenols is 1. The number of benzene rings is 2. The van der Waals surface area contributed by atoms with E-state index in [0.29, 0.717) is 6.42 Å². The van der Waals surface area contributed by atoms with E-state index in [9.17, 15) is 15.0 Å². The van der Waals surface area contributed by atoms with Gasteiger partial charge in [0, 0.05) is 0 Å². The number of carboxylic acids is 1. The summed E-state index contributed by atoms with van der Waals surface area (Å²) in [4.78, 5) is 11.3. The summed E-state index contributed by atoms with van der Waals surface area (Å²) in [5.41, 5.74) is 3.86. The highest BCUT2D eigenvalue weighted by Gasteiger charge is 2.14. The van der Waals surface area contributed by atoms with Crippen LogP contribution in [0.5, 0.6) is 5.75 Å². The molecule has 0 radical (unpaired) electrons. The molecule has 0 aliphatic carbocycles. The summed E-state index contributed by atoms with van der Waals surface area (Å²) >= 11 is 0. The molecule has 29 heavy (non-hydrogen) atoms. The molecular formula is C26H36O3. The highest BCUT2D eigenvalue weighted by atomic mass is 16.4. The minimum Gasteiger partial charge on any atom is -0.507 e. The Labute approximate surface area is 175 Å². The number of carbonyl (C=O) groups is 1. The Morgan fingerprint density at radius 3 is 1.72 bits per heavy atom. The maximum absolute atomic E-state index is 11.3. The van der Waals surface area contributed by atoms with Crippen LogP contribution in [0.15, 0.2) is 42.5 Å². The fourth-order valence-corrected chi connectivity index (χ4v) is 3.97. The predicted molar refractivity (Wildman–Crippen MR) is 120 cm³/mol. The molecule has 158 valence electrons. The second kappa shape index (κ2) is 13.0. The third-order valence-electron chi connectivity index (χ3n) is 5.65. The van der Waals surface area contributed by atoms with Crippen LogP contribution in [0.2, 0.25) is 0 Å². The minimum absolute atomic E-state index is 0.0618. The van der Waals surface area contributed by atoms with Crippen molar-refractivity contribution in [1.29, 1.82) is 0 Å². The van der Waals surface area contributed by atoms with E-state index in [1.165, 1.54) is 75.0 Å². The summed E-state index contributed by atoms with van der Waals surface area (Å²) in [6.45, 7) is 2.25. The molecule has 0 bridgehead atoms. The smallest absolute Gasteiger partial charge is 0.339 e. The zero-order chi connectivity index (χ0) is 20.9. The van der Waals surface area contributed by atoms with Crippen LogP contribution in [0.3, 0.4) is 0 Å². The van der Waals surface area contributed by atoms with E-state index in [1.807, 2.05) is 6.07 Å². The first-order chi connectivity index (χ1) is 14.1.